The zero-order valence-electron chi connectivity index (χ0n) is 7.09. The second-order valence-electron chi connectivity index (χ2n) is 3.26. The highest BCUT2D eigenvalue weighted by Gasteiger charge is 2.22. The summed E-state index contributed by atoms with van der Waals surface area (Å²) in [5.41, 5.74) is 0.901. The minimum absolute atomic E-state index is 0.0502. The lowest BCUT2D eigenvalue weighted by atomic mass is 9.98. The lowest BCUT2D eigenvalue weighted by Gasteiger charge is -2.06. The zero-order chi connectivity index (χ0) is 9.26. The van der Waals surface area contributed by atoms with E-state index in [9.17, 15) is 9.18 Å². The summed E-state index contributed by atoms with van der Waals surface area (Å²) in [7, 11) is 0. The minimum atomic E-state index is -0.239. The van der Waals surface area contributed by atoms with Crippen molar-refractivity contribution in [1.29, 1.82) is 0 Å². The van der Waals surface area contributed by atoms with E-state index in [1.54, 1.807) is 6.07 Å². The fraction of sp³-hybridized carbons (Fsp3) is 0.300. The Hall–Kier alpha value is -1.38. The molecular weight excluding hydrogens is 169 g/mol. The van der Waals surface area contributed by atoms with Gasteiger partial charge in [0.1, 0.15) is 5.82 Å². The molecule has 3 heteroatoms. The third-order valence-corrected chi connectivity index (χ3v) is 2.30. The van der Waals surface area contributed by atoms with Crippen LogP contribution in [-0.2, 0) is 4.79 Å². The minimum Gasteiger partial charge on any atom is -0.355 e. The van der Waals surface area contributed by atoms with Crippen LogP contribution in [0.1, 0.15) is 17.9 Å². The van der Waals surface area contributed by atoms with Gasteiger partial charge in [-0.05, 0) is 17.7 Å². The Labute approximate surface area is 75.8 Å². The Morgan fingerprint density at radius 2 is 2.31 bits per heavy atom. The van der Waals surface area contributed by atoms with E-state index in [4.69, 9.17) is 0 Å². The number of nitrogens with one attached hydrogen (secondary N) is 1. The van der Waals surface area contributed by atoms with Crippen LogP contribution < -0.4 is 5.32 Å². The molecule has 2 rings (SSSR count). The summed E-state index contributed by atoms with van der Waals surface area (Å²) in [4.78, 5) is 10.9. The molecule has 1 atom stereocenters. The number of halogens is 1. The monoisotopic (exact) mass is 179 g/mol. The molecule has 1 aliphatic heterocycles. The maximum Gasteiger partial charge on any atom is 0.220 e. The van der Waals surface area contributed by atoms with Crippen LogP contribution in [0.3, 0.4) is 0 Å². The Kier molecular flexibility index (Phi) is 2.00. The maximum absolute atomic E-state index is 12.8. The van der Waals surface area contributed by atoms with Crippen molar-refractivity contribution in [3.63, 3.8) is 0 Å². The van der Waals surface area contributed by atoms with Crippen molar-refractivity contribution in [2.24, 2.45) is 0 Å². The van der Waals surface area contributed by atoms with Gasteiger partial charge in [-0.1, -0.05) is 12.1 Å². The van der Waals surface area contributed by atoms with Gasteiger partial charge in [0.15, 0.2) is 0 Å². The maximum atomic E-state index is 12.8. The van der Waals surface area contributed by atoms with Crippen LogP contribution in [0, 0.1) is 5.82 Å². The van der Waals surface area contributed by atoms with Crippen LogP contribution in [0.25, 0.3) is 0 Å². The van der Waals surface area contributed by atoms with Gasteiger partial charge in [0.05, 0.1) is 0 Å². The molecule has 1 heterocycles. The third kappa shape index (κ3) is 1.69. The molecule has 0 radical (unpaired) electrons. The average molecular weight is 179 g/mol. The summed E-state index contributed by atoms with van der Waals surface area (Å²) in [6.07, 6.45) is 0.476. The van der Waals surface area contributed by atoms with Crippen LogP contribution in [-0.4, -0.2) is 12.5 Å². The molecule has 1 aromatic rings. The van der Waals surface area contributed by atoms with Crippen molar-refractivity contribution >= 4 is 5.91 Å². The zero-order valence-corrected chi connectivity index (χ0v) is 7.09. The van der Waals surface area contributed by atoms with Crippen LogP contribution in [0.15, 0.2) is 24.3 Å². The number of hydrogen-bond donors (Lipinski definition) is 1. The molecule has 1 saturated heterocycles. The molecule has 0 aliphatic carbocycles. The summed E-state index contributed by atoms with van der Waals surface area (Å²) < 4.78 is 12.8. The van der Waals surface area contributed by atoms with E-state index in [0.717, 1.165) is 5.56 Å². The van der Waals surface area contributed by atoms with Gasteiger partial charge in [-0.3, -0.25) is 4.79 Å². The molecule has 13 heavy (non-hydrogen) atoms. The summed E-state index contributed by atoms with van der Waals surface area (Å²) >= 11 is 0. The topological polar surface area (TPSA) is 29.1 Å². The predicted molar refractivity (Wildman–Crippen MR) is 46.8 cm³/mol. The number of hydrogen-bond acceptors (Lipinski definition) is 1. The van der Waals surface area contributed by atoms with Crippen molar-refractivity contribution < 1.29 is 9.18 Å². The predicted octanol–water partition coefficient (Wildman–Crippen LogP) is 1.43. The normalized spacial score (nSPS) is 21.6. The standard InChI is InChI=1S/C10H10FNO/c11-9-3-1-2-7(4-9)8-5-10(13)12-6-8/h1-4,8H,5-6H2,(H,12,13). The van der Waals surface area contributed by atoms with E-state index in [0.29, 0.717) is 13.0 Å². The smallest absolute Gasteiger partial charge is 0.220 e. The molecule has 1 aromatic carbocycles. The first kappa shape index (κ1) is 8.23. The van der Waals surface area contributed by atoms with E-state index in [-0.39, 0.29) is 17.6 Å². The van der Waals surface area contributed by atoms with E-state index < -0.39 is 0 Å². The number of rotatable bonds is 1. The van der Waals surface area contributed by atoms with Crippen molar-refractivity contribution in [3.8, 4) is 0 Å². The Morgan fingerprint density at radius 1 is 1.46 bits per heavy atom. The second kappa shape index (κ2) is 3.17. The molecule has 2 nitrogen and oxygen atoms in total. The second-order valence-corrected chi connectivity index (χ2v) is 3.26. The first-order chi connectivity index (χ1) is 6.25. The van der Waals surface area contributed by atoms with E-state index >= 15 is 0 Å². The molecule has 0 bridgehead atoms. The molecule has 68 valence electrons. The van der Waals surface area contributed by atoms with Gasteiger partial charge >= 0.3 is 0 Å². The van der Waals surface area contributed by atoms with E-state index in [1.165, 1.54) is 12.1 Å². The number of amides is 1. The summed E-state index contributed by atoms with van der Waals surface area (Å²) in [5, 5.41) is 2.73. The molecule has 0 saturated carbocycles. The summed E-state index contributed by atoms with van der Waals surface area (Å²) in [5.74, 6) is -0.0469. The van der Waals surface area contributed by atoms with Crippen molar-refractivity contribution in [2.45, 2.75) is 12.3 Å². The lowest BCUT2D eigenvalue weighted by molar-refractivity contribution is -0.119. The Morgan fingerprint density at radius 3 is 2.92 bits per heavy atom. The van der Waals surface area contributed by atoms with Crippen LogP contribution >= 0.6 is 0 Å². The lowest BCUT2D eigenvalue weighted by Crippen LogP contribution is -2.13. The Balaban J connectivity index is 2.21. The largest absolute Gasteiger partial charge is 0.355 e. The Bertz CT molecular complexity index is 337. The van der Waals surface area contributed by atoms with Gasteiger partial charge in [0.25, 0.3) is 0 Å². The van der Waals surface area contributed by atoms with Crippen LogP contribution in [0.4, 0.5) is 4.39 Å². The van der Waals surface area contributed by atoms with Crippen molar-refractivity contribution in [1.82, 2.24) is 5.32 Å². The quantitative estimate of drug-likeness (QED) is 0.694. The van der Waals surface area contributed by atoms with Crippen LogP contribution in [0.5, 0.6) is 0 Å². The van der Waals surface area contributed by atoms with Gasteiger partial charge in [0, 0.05) is 18.9 Å². The number of carbonyl (C=O) groups is 1. The highest BCUT2D eigenvalue weighted by Crippen LogP contribution is 2.22. The summed E-state index contributed by atoms with van der Waals surface area (Å²) in [6, 6.07) is 6.43. The molecule has 1 amide bonds. The molecule has 1 unspecified atom stereocenters. The van der Waals surface area contributed by atoms with Crippen LogP contribution in [0.2, 0.25) is 0 Å². The average Bonchev–Trinajstić information content (AvgIpc) is 2.52. The van der Waals surface area contributed by atoms with E-state index in [1.807, 2.05) is 6.07 Å². The SMILES string of the molecule is O=C1CC(c2cccc(F)c2)CN1. The fourth-order valence-corrected chi connectivity index (χ4v) is 1.60. The molecule has 1 fully saturated rings. The van der Waals surface area contributed by atoms with Crippen molar-refractivity contribution in [2.75, 3.05) is 6.54 Å². The van der Waals surface area contributed by atoms with Gasteiger partial charge in [0.2, 0.25) is 5.91 Å². The first-order valence-corrected chi connectivity index (χ1v) is 4.28. The van der Waals surface area contributed by atoms with E-state index in [2.05, 4.69) is 5.32 Å². The molecule has 0 aromatic heterocycles. The molecular formula is C10H10FNO. The molecule has 0 spiro atoms. The van der Waals surface area contributed by atoms with Gasteiger partial charge in [-0.25, -0.2) is 4.39 Å². The highest BCUT2D eigenvalue weighted by atomic mass is 19.1. The molecule has 1 N–H and O–H groups in total. The van der Waals surface area contributed by atoms with Crippen molar-refractivity contribution in [3.05, 3.63) is 35.6 Å². The van der Waals surface area contributed by atoms with Gasteiger partial charge in [-0.2, -0.15) is 0 Å². The summed E-state index contributed by atoms with van der Waals surface area (Å²) in [6.45, 7) is 0.627. The molecule has 1 aliphatic rings. The van der Waals surface area contributed by atoms with Gasteiger partial charge < -0.3 is 5.32 Å². The number of carbonyl (C=O) groups excluding carboxylic acids is 1. The third-order valence-electron chi connectivity index (χ3n) is 2.30. The highest BCUT2D eigenvalue weighted by molar-refractivity contribution is 5.79. The van der Waals surface area contributed by atoms with Gasteiger partial charge in [-0.15, -0.1) is 0 Å². The number of benzene rings is 1. The first-order valence-electron chi connectivity index (χ1n) is 4.28. The fourth-order valence-electron chi connectivity index (χ4n) is 1.60.